The number of aryl methyl sites for hydroxylation is 2. The van der Waals surface area contributed by atoms with Gasteiger partial charge in [-0.05, 0) is 25.0 Å². The van der Waals surface area contributed by atoms with Gasteiger partial charge in [-0.2, -0.15) is 0 Å². The predicted molar refractivity (Wildman–Crippen MR) is 66.2 cm³/mol. The molecule has 0 aliphatic carbocycles. The summed E-state index contributed by atoms with van der Waals surface area (Å²) < 4.78 is 66.8. The fraction of sp³-hybridized carbons (Fsp3) is 0.200. The average molecular weight is 302 g/mol. The van der Waals surface area contributed by atoms with Crippen molar-refractivity contribution in [2.24, 2.45) is 0 Å². The lowest BCUT2D eigenvalue weighted by Crippen LogP contribution is -2.13. The van der Waals surface area contributed by atoms with E-state index >= 15 is 0 Å². The van der Waals surface area contributed by atoms with E-state index in [1.54, 1.807) is 26.0 Å². The van der Waals surface area contributed by atoms with Crippen molar-refractivity contribution in [3.05, 3.63) is 69.5 Å². The van der Waals surface area contributed by atoms with Gasteiger partial charge in [-0.15, -0.1) is 0 Å². The first-order valence-corrected chi connectivity index (χ1v) is 6.02. The van der Waals surface area contributed by atoms with E-state index in [9.17, 15) is 27.1 Å². The molecule has 0 radical (unpaired) electrons. The van der Waals surface area contributed by atoms with Crippen LogP contribution in [0, 0.1) is 42.9 Å². The Morgan fingerprint density at radius 3 is 1.81 bits per heavy atom. The molecule has 2 aromatic carbocycles. The largest absolute Gasteiger partial charge is 0.383 e. The van der Waals surface area contributed by atoms with E-state index in [1.807, 2.05) is 0 Å². The molecular weight excluding hydrogens is 291 g/mol. The molecule has 1 atom stereocenters. The van der Waals surface area contributed by atoms with Crippen molar-refractivity contribution in [1.82, 2.24) is 0 Å². The van der Waals surface area contributed by atoms with E-state index in [0.717, 1.165) is 0 Å². The molecule has 0 spiro atoms. The van der Waals surface area contributed by atoms with Gasteiger partial charge in [0.15, 0.2) is 23.3 Å². The van der Waals surface area contributed by atoms with Gasteiger partial charge < -0.3 is 5.11 Å². The van der Waals surface area contributed by atoms with Crippen LogP contribution in [0.3, 0.4) is 0 Å². The quantitative estimate of drug-likeness (QED) is 0.503. The van der Waals surface area contributed by atoms with Crippen molar-refractivity contribution in [2.75, 3.05) is 0 Å². The zero-order valence-electron chi connectivity index (χ0n) is 11.1. The lowest BCUT2D eigenvalue weighted by atomic mass is 9.95. The fourth-order valence-corrected chi connectivity index (χ4v) is 2.07. The molecule has 0 amide bonds. The Morgan fingerprint density at radius 2 is 1.29 bits per heavy atom. The van der Waals surface area contributed by atoms with E-state index < -0.39 is 40.8 Å². The highest BCUT2D eigenvalue weighted by Crippen LogP contribution is 2.32. The van der Waals surface area contributed by atoms with Crippen LogP contribution in [0.2, 0.25) is 0 Å². The van der Waals surface area contributed by atoms with Crippen molar-refractivity contribution in [1.29, 1.82) is 0 Å². The summed E-state index contributed by atoms with van der Waals surface area (Å²) in [5, 5.41) is 10.1. The summed E-state index contributed by atoms with van der Waals surface area (Å²) in [6.07, 6.45) is -1.95. The molecule has 0 heterocycles. The summed E-state index contributed by atoms with van der Waals surface area (Å²) in [4.78, 5) is 0. The van der Waals surface area contributed by atoms with Crippen molar-refractivity contribution in [3.8, 4) is 0 Å². The zero-order chi connectivity index (χ0) is 15.9. The van der Waals surface area contributed by atoms with Gasteiger partial charge in [0.05, 0.1) is 5.56 Å². The SMILES string of the molecule is Cc1ccc(C)c(C(O)c2c(F)c(F)c(F)c(F)c2F)c1. The molecule has 0 bridgehead atoms. The fourth-order valence-electron chi connectivity index (χ4n) is 2.07. The number of hydrogen-bond acceptors (Lipinski definition) is 1. The van der Waals surface area contributed by atoms with Gasteiger partial charge in [0.25, 0.3) is 0 Å². The topological polar surface area (TPSA) is 20.2 Å². The van der Waals surface area contributed by atoms with E-state index in [4.69, 9.17) is 0 Å². The maximum Gasteiger partial charge on any atom is 0.200 e. The molecule has 0 saturated heterocycles. The molecule has 1 unspecified atom stereocenters. The third-order valence-electron chi connectivity index (χ3n) is 3.25. The summed E-state index contributed by atoms with van der Waals surface area (Å²) in [6, 6.07) is 4.71. The van der Waals surface area contributed by atoms with Crippen LogP contribution < -0.4 is 0 Å². The van der Waals surface area contributed by atoms with Gasteiger partial charge in [0, 0.05) is 0 Å². The Labute approximate surface area is 117 Å². The van der Waals surface area contributed by atoms with Gasteiger partial charge in [-0.25, -0.2) is 22.0 Å². The van der Waals surface area contributed by atoms with Crippen LogP contribution in [-0.2, 0) is 0 Å². The maximum atomic E-state index is 13.7. The van der Waals surface area contributed by atoms with Gasteiger partial charge >= 0.3 is 0 Å². The molecule has 2 rings (SSSR count). The van der Waals surface area contributed by atoms with Gasteiger partial charge in [0.2, 0.25) is 5.82 Å². The number of halogens is 5. The number of hydrogen-bond donors (Lipinski definition) is 1. The molecule has 2 aromatic rings. The standard InChI is InChI=1S/C15H11F5O/c1-6-3-4-7(2)8(5-6)15(21)9-10(16)12(18)14(20)13(19)11(9)17/h3-5,15,21H,1-2H3. The molecule has 0 aromatic heterocycles. The molecule has 0 saturated carbocycles. The molecule has 6 heteroatoms. The second-order valence-corrected chi connectivity index (χ2v) is 4.75. The first-order chi connectivity index (χ1) is 9.75. The molecule has 0 fully saturated rings. The van der Waals surface area contributed by atoms with Crippen LogP contribution >= 0.6 is 0 Å². The summed E-state index contributed by atoms with van der Waals surface area (Å²) >= 11 is 0. The van der Waals surface area contributed by atoms with Crippen molar-refractivity contribution in [3.63, 3.8) is 0 Å². The van der Waals surface area contributed by atoms with Crippen molar-refractivity contribution >= 4 is 0 Å². The molecule has 0 aliphatic heterocycles. The highest BCUT2D eigenvalue weighted by Gasteiger charge is 2.30. The molecule has 0 aliphatic rings. The highest BCUT2D eigenvalue weighted by atomic mass is 19.2. The third kappa shape index (κ3) is 2.51. The second-order valence-electron chi connectivity index (χ2n) is 4.75. The summed E-state index contributed by atoms with van der Waals surface area (Å²) in [5.41, 5.74) is -0.0196. The minimum absolute atomic E-state index is 0.0817. The maximum absolute atomic E-state index is 13.7. The highest BCUT2D eigenvalue weighted by molar-refractivity contribution is 5.39. The summed E-state index contributed by atoms with van der Waals surface area (Å²) in [7, 11) is 0. The normalized spacial score (nSPS) is 12.6. The number of aliphatic hydroxyl groups is 1. The number of aliphatic hydroxyl groups excluding tert-OH is 1. The van der Waals surface area contributed by atoms with Crippen molar-refractivity contribution in [2.45, 2.75) is 20.0 Å². The average Bonchev–Trinajstić information content (AvgIpc) is 2.45. The Balaban J connectivity index is 2.69. The molecular formula is C15H11F5O. The van der Waals surface area contributed by atoms with Crippen LogP contribution in [0.1, 0.15) is 28.4 Å². The first kappa shape index (κ1) is 15.4. The Kier molecular flexibility index (Phi) is 4.00. The second kappa shape index (κ2) is 5.44. The summed E-state index contributed by atoms with van der Waals surface area (Å²) in [6.45, 7) is 3.23. The van der Waals surface area contributed by atoms with Gasteiger partial charge in [0.1, 0.15) is 6.10 Å². The van der Waals surface area contributed by atoms with E-state index in [0.29, 0.717) is 11.1 Å². The van der Waals surface area contributed by atoms with E-state index in [-0.39, 0.29) is 5.56 Å². The Hall–Kier alpha value is -1.95. The first-order valence-electron chi connectivity index (χ1n) is 6.02. The van der Waals surface area contributed by atoms with Crippen LogP contribution in [0.25, 0.3) is 0 Å². The van der Waals surface area contributed by atoms with Crippen LogP contribution in [0.4, 0.5) is 22.0 Å². The monoisotopic (exact) mass is 302 g/mol. The minimum Gasteiger partial charge on any atom is -0.383 e. The predicted octanol–water partition coefficient (Wildman–Crippen LogP) is 4.08. The zero-order valence-corrected chi connectivity index (χ0v) is 11.1. The van der Waals surface area contributed by atoms with Crippen LogP contribution in [0.5, 0.6) is 0 Å². The third-order valence-corrected chi connectivity index (χ3v) is 3.25. The lowest BCUT2D eigenvalue weighted by molar-refractivity contribution is 0.202. The van der Waals surface area contributed by atoms with E-state index in [2.05, 4.69) is 0 Å². The molecule has 1 N–H and O–H groups in total. The van der Waals surface area contributed by atoms with Gasteiger partial charge in [-0.1, -0.05) is 23.8 Å². The smallest absolute Gasteiger partial charge is 0.200 e. The number of rotatable bonds is 2. The molecule has 112 valence electrons. The van der Waals surface area contributed by atoms with Crippen LogP contribution in [0.15, 0.2) is 18.2 Å². The van der Waals surface area contributed by atoms with Gasteiger partial charge in [-0.3, -0.25) is 0 Å². The van der Waals surface area contributed by atoms with Crippen LogP contribution in [-0.4, -0.2) is 5.11 Å². The lowest BCUT2D eigenvalue weighted by Gasteiger charge is -2.17. The minimum atomic E-state index is -2.25. The summed E-state index contributed by atoms with van der Waals surface area (Å²) in [5.74, 6) is -10.5. The molecule has 21 heavy (non-hydrogen) atoms. The molecule has 1 nitrogen and oxygen atoms in total. The Bertz CT molecular complexity index is 683. The van der Waals surface area contributed by atoms with Crippen molar-refractivity contribution < 1.29 is 27.1 Å². The van der Waals surface area contributed by atoms with E-state index in [1.165, 1.54) is 6.07 Å². The number of benzene rings is 2. The Morgan fingerprint density at radius 1 is 0.810 bits per heavy atom.